The Hall–Kier alpha value is -4.43. The minimum absolute atomic E-state index is 0.00499. The number of aryl methyl sites for hydroxylation is 1. The van der Waals surface area contributed by atoms with Crippen molar-refractivity contribution in [3.05, 3.63) is 95.8 Å². The third kappa shape index (κ3) is 11.8. The number of esters is 2. The highest BCUT2D eigenvalue weighted by molar-refractivity contribution is 5.87. The molecule has 1 aliphatic carbocycles. The number of hydrogen-bond donors (Lipinski definition) is 1. The smallest absolute Gasteiger partial charge is 0.333 e. The van der Waals surface area contributed by atoms with Gasteiger partial charge in [0.25, 0.3) is 0 Å². The van der Waals surface area contributed by atoms with Crippen LogP contribution in [-0.2, 0) is 25.5 Å². The second-order valence-corrected chi connectivity index (χ2v) is 13.8. The van der Waals surface area contributed by atoms with E-state index in [4.69, 9.17) is 18.9 Å². The zero-order chi connectivity index (χ0) is 37.5. The summed E-state index contributed by atoms with van der Waals surface area (Å²) in [7, 11) is 0. The number of aliphatic hydroxyl groups is 1. The largest absolute Gasteiger partial charge is 0.490 e. The van der Waals surface area contributed by atoms with E-state index < -0.39 is 17.8 Å². The van der Waals surface area contributed by atoms with Crippen molar-refractivity contribution in [2.45, 2.75) is 90.9 Å². The molecule has 3 aromatic rings. The Morgan fingerprint density at radius 2 is 1.37 bits per heavy atom. The summed E-state index contributed by atoms with van der Waals surface area (Å²) in [6.45, 7) is 12.6. The van der Waals surface area contributed by atoms with E-state index in [9.17, 15) is 14.7 Å². The highest BCUT2D eigenvalue weighted by atomic mass is 19.1. The van der Waals surface area contributed by atoms with E-state index in [-0.39, 0.29) is 44.2 Å². The molecule has 1 fully saturated rings. The molecule has 0 spiro atoms. The van der Waals surface area contributed by atoms with E-state index in [0.717, 1.165) is 22.6 Å². The van der Waals surface area contributed by atoms with Crippen LogP contribution >= 0.6 is 0 Å². The van der Waals surface area contributed by atoms with Crippen molar-refractivity contribution in [2.24, 2.45) is 5.92 Å². The summed E-state index contributed by atoms with van der Waals surface area (Å²) in [5.41, 5.74) is 5.08. The lowest BCUT2D eigenvalue weighted by Gasteiger charge is -2.29. The SMILES string of the molecule is C=C(C)C(=O)OCCOc1cc(-c2ccc(-c3ccc(C4CCC(CCCCC)CC4)cc3)cc2F)c(OCCOC(=O)C(=C)C)cc1CCCO. The summed E-state index contributed by atoms with van der Waals surface area (Å²) >= 11 is 0. The Balaban J connectivity index is 1.56. The van der Waals surface area contributed by atoms with Gasteiger partial charge in [0.05, 0.1) is 0 Å². The summed E-state index contributed by atoms with van der Waals surface area (Å²) in [6, 6.07) is 17.2. The van der Waals surface area contributed by atoms with Crippen molar-refractivity contribution in [1.29, 1.82) is 0 Å². The van der Waals surface area contributed by atoms with Crippen molar-refractivity contribution >= 4 is 11.9 Å². The van der Waals surface area contributed by atoms with Gasteiger partial charge in [0.15, 0.2) is 0 Å². The molecule has 0 aliphatic heterocycles. The van der Waals surface area contributed by atoms with Crippen LogP contribution in [-0.4, -0.2) is 50.1 Å². The van der Waals surface area contributed by atoms with Crippen LogP contribution in [0.2, 0.25) is 0 Å². The number of ether oxygens (including phenoxy) is 4. The van der Waals surface area contributed by atoms with Gasteiger partial charge in [-0.1, -0.05) is 82.2 Å². The first-order valence-electron chi connectivity index (χ1n) is 18.7. The zero-order valence-electron chi connectivity index (χ0n) is 31.1. The third-order valence-corrected chi connectivity index (χ3v) is 9.65. The van der Waals surface area contributed by atoms with Gasteiger partial charge >= 0.3 is 11.9 Å². The summed E-state index contributed by atoms with van der Waals surface area (Å²) in [6.07, 6.45) is 11.3. The molecule has 4 rings (SSSR count). The molecule has 0 bridgehead atoms. The molecule has 0 unspecified atom stereocenters. The first-order valence-corrected chi connectivity index (χ1v) is 18.7. The predicted molar refractivity (Wildman–Crippen MR) is 204 cm³/mol. The molecule has 3 aromatic carbocycles. The maximum atomic E-state index is 16.1. The molecule has 0 radical (unpaired) electrons. The van der Waals surface area contributed by atoms with Crippen LogP contribution in [0.25, 0.3) is 22.3 Å². The Kier molecular flexibility index (Phi) is 16.0. The van der Waals surface area contributed by atoms with E-state index in [1.807, 2.05) is 6.07 Å². The minimum atomic E-state index is -0.525. The van der Waals surface area contributed by atoms with Crippen molar-refractivity contribution in [2.75, 3.05) is 33.0 Å². The summed E-state index contributed by atoms with van der Waals surface area (Å²) < 4.78 is 38.7. The molecule has 0 aromatic heterocycles. The van der Waals surface area contributed by atoms with Crippen molar-refractivity contribution in [1.82, 2.24) is 0 Å². The van der Waals surface area contributed by atoms with E-state index in [2.05, 4.69) is 44.3 Å². The van der Waals surface area contributed by atoms with Crippen LogP contribution in [0.3, 0.4) is 0 Å². The summed E-state index contributed by atoms with van der Waals surface area (Å²) in [4.78, 5) is 23.8. The van der Waals surface area contributed by atoms with Gasteiger partial charge in [0, 0.05) is 28.9 Å². The van der Waals surface area contributed by atoms with E-state index in [1.165, 1.54) is 63.0 Å². The average molecular weight is 715 g/mol. The lowest BCUT2D eigenvalue weighted by atomic mass is 9.77. The number of unbranched alkanes of at least 4 members (excludes halogenated alkanes) is 2. The van der Waals surface area contributed by atoms with Gasteiger partial charge in [0.2, 0.25) is 0 Å². The Labute approximate surface area is 308 Å². The number of rotatable bonds is 20. The zero-order valence-corrected chi connectivity index (χ0v) is 31.1. The van der Waals surface area contributed by atoms with Crippen LogP contribution in [0.4, 0.5) is 4.39 Å². The number of halogens is 1. The van der Waals surface area contributed by atoms with E-state index in [0.29, 0.717) is 41.4 Å². The van der Waals surface area contributed by atoms with Crippen LogP contribution in [0.5, 0.6) is 11.5 Å². The standard InChI is InChI=1S/C44H55FO7/c1-6-7-8-10-32-12-14-33(15-13-32)34-16-18-35(19-17-34)36-20-21-38(40(45)27-36)39-29-41(49-23-25-51-43(47)30(2)3)37(11-9-22-46)28-42(39)50-24-26-52-44(48)31(4)5/h16-21,27-29,32-33,46H,2,4,6-15,22-26H2,1,3,5H3. The topological polar surface area (TPSA) is 91.3 Å². The third-order valence-electron chi connectivity index (χ3n) is 9.65. The second-order valence-electron chi connectivity index (χ2n) is 13.8. The first-order chi connectivity index (χ1) is 25.1. The Morgan fingerprint density at radius 3 is 1.94 bits per heavy atom. The van der Waals surface area contributed by atoms with Crippen molar-refractivity contribution in [3.8, 4) is 33.8 Å². The van der Waals surface area contributed by atoms with Gasteiger partial charge < -0.3 is 24.1 Å². The molecule has 280 valence electrons. The van der Waals surface area contributed by atoms with E-state index in [1.54, 1.807) is 32.0 Å². The second kappa shape index (κ2) is 20.6. The van der Waals surface area contributed by atoms with Gasteiger partial charge in [-0.15, -0.1) is 0 Å². The molecule has 1 N–H and O–H groups in total. The van der Waals surface area contributed by atoms with Gasteiger partial charge in [-0.25, -0.2) is 14.0 Å². The van der Waals surface area contributed by atoms with Crippen molar-refractivity contribution < 1.29 is 38.0 Å². The monoisotopic (exact) mass is 714 g/mol. The van der Waals surface area contributed by atoms with Crippen LogP contribution in [0.15, 0.2) is 78.9 Å². The predicted octanol–water partition coefficient (Wildman–Crippen LogP) is 9.93. The first kappa shape index (κ1) is 40.3. The maximum absolute atomic E-state index is 16.1. The molecular weight excluding hydrogens is 659 g/mol. The molecule has 0 atom stereocenters. The molecule has 7 nitrogen and oxygen atoms in total. The summed E-state index contributed by atoms with van der Waals surface area (Å²) in [5, 5.41) is 9.56. The Morgan fingerprint density at radius 1 is 0.750 bits per heavy atom. The fourth-order valence-electron chi connectivity index (χ4n) is 6.68. The lowest BCUT2D eigenvalue weighted by molar-refractivity contribution is -0.140. The fourth-order valence-corrected chi connectivity index (χ4v) is 6.68. The van der Waals surface area contributed by atoms with Gasteiger partial charge in [-0.3, -0.25) is 0 Å². The number of benzene rings is 3. The molecule has 1 saturated carbocycles. The lowest BCUT2D eigenvalue weighted by Crippen LogP contribution is -2.14. The molecule has 8 heteroatoms. The van der Waals surface area contributed by atoms with Crippen molar-refractivity contribution in [3.63, 3.8) is 0 Å². The van der Waals surface area contributed by atoms with E-state index >= 15 is 4.39 Å². The average Bonchev–Trinajstić information content (AvgIpc) is 3.14. The molecule has 0 amide bonds. The molecule has 1 aliphatic rings. The summed E-state index contributed by atoms with van der Waals surface area (Å²) in [5.74, 6) is 0.779. The molecular formula is C44H55FO7. The number of aliphatic hydroxyl groups excluding tert-OH is 1. The maximum Gasteiger partial charge on any atom is 0.333 e. The highest BCUT2D eigenvalue weighted by Gasteiger charge is 2.23. The fraction of sp³-hybridized carbons (Fsp3) is 0.455. The van der Waals surface area contributed by atoms with Gasteiger partial charge in [0.1, 0.15) is 43.7 Å². The molecule has 52 heavy (non-hydrogen) atoms. The normalized spacial score (nSPS) is 15.5. The minimum Gasteiger partial charge on any atom is -0.490 e. The quantitative estimate of drug-likeness (QED) is 0.0708. The van der Waals surface area contributed by atoms with Crippen LogP contribution < -0.4 is 9.47 Å². The van der Waals surface area contributed by atoms with Crippen LogP contribution in [0, 0.1) is 11.7 Å². The highest BCUT2D eigenvalue weighted by Crippen LogP contribution is 2.41. The molecule has 0 heterocycles. The van der Waals surface area contributed by atoms with Gasteiger partial charge in [-0.05, 0) is 105 Å². The number of hydrogen-bond acceptors (Lipinski definition) is 7. The number of carbonyl (C=O) groups excluding carboxylic acids is 2. The van der Waals surface area contributed by atoms with Crippen LogP contribution in [0.1, 0.15) is 95.6 Å². The number of carbonyl (C=O) groups is 2. The Bertz CT molecular complexity index is 1650. The van der Waals surface area contributed by atoms with Gasteiger partial charge in [-0.2, -0.15) is 0 Å². The molecule has 0 saturated heterocycles.